The van der Waals surface area contributed by atoms with E-state index in [-0.39, 0.29) is 5.91 Å². The number of nitrogens with one attached hydrogen (secondary N) is 1. The quantitative estimate of drug-likeness (QED) is 0.747. The number of anilines is 1. The second kappa shape index (κ2) is 4.29. The Balaban J connectivity index is 2.15. The van der Waals surface area contributed by atoms with Crippen molar-refractivity contribution in [1.29, 1.82) is 0 Å². The molecular formula is C11H15N3O. The number of aromatic nitrogens is 2. The molecule has 1 aliphatic rings. The summed E-state index contributed by atoms with van der Waals surface area (Å²) in [6.07, 6.45) is 8.35. The van der Waals surface area contributed by atoms with E-state index in [0.717, 1.165) is 31.0 Å². The molecule has 0 bridgehead atoms. The van der Waals surface area contributed by atoms with Crippen molar-refractivity contribution >= 4 is 11.7 Å². The van der Waals surface area contributed by atoms with Crippen LogP contribution in [0.5, 0.6) is 0 Å². The summed E-state index contributed by atoms with van der Waals surface area (Å²) < 4.78 is 2.09. The standard InChI is InChI=1S/C11H15N3O/c1-2-5-11(15)13-10-8-12-9-6-3-4-7-14(9)10/h2,5,8H,3-4,6-7H2,1H3,(H,13,15)/b5-2+. The SMILES string of the molecule is C/C=C/C(=O)Nc1cnc2n1CCCC2. The van der Waals surface area contributed by atoms with Gasteiger partial charge < -0.3 is 9.88 Å². The fraction of sp³-hybridized carbons (Fsp3) is 0.455. The van der Waals surface area contributed by atoms with Gasteiger partial charge in [0.05, 0.1) is 6.20 Å². The van der Waals surface area contributed by atoms with Gasteiger partial charge in [0.25, 0.3) is 0 Å². The molecule has 2 rings (SSSR count). The number of hydrogen-bond acceptors (Lipinski definition) is 2. The lowest BCUT2D eigenvalue weighted by atomic mass is 10.2. The number of rotatable bonds is 2. The van der Waals surface area contributed by atoms with E-state index in [0.29, 0.717) is 0 Å². The van der Waals surface area contributed by atoms with Crippen LogP contribution >= 0.6 is 0 Å². The summed E-state index contributed by atoms with van der Waals surface area (Å²) in [5, 5.41) is 2.83. The maximum atomic E-state index is 11.4. The predicted molar refractivity (Wildman–Crippen MR) is 58.6 cm³/mol. The highest BCUT2D eigenvalue weighted by molar-refractivity contribution is 5.98. The predicted octanol–water partition coefficient (Wildman–Crippen LogP) is 1.73. The molecule has 0 aliphatic carbocycles. The number of nitrogens with zero attached hydrogens (tertiary/aromatic N) is 2. The maximum Gasteiger partial charge on any atom is 0.249 e. The van der Waals surface area contributed by atoms with Crippen molar-refractivity contribution < 1.29 is 4.79 Å². The van der Waals surface area contributed by atoms with Gasteiger partial charge in [-0.1, -0.05) is 6.08 Å². The van der Waals surface area contributed by atoms with Gasteiger partial charge in [0, 0.05) is 13.0 Å². The van der Waals surface area contributed by atoms with Gasteiger partial charge in [-0.15, -0.1) is 0 Å². The van der Waals surface area contributed by atoms with Crippen molar-refractivity contribution in [2.75, 3.05) is 5.32 Å². The van der Waals surface area contributed by atoms with Crippen LogP contribution in [-0.2, 0) is 17.8 Å². The molecule has 80 valence electrons. The van der Waals surface area contributed by atoms with E-state index in [1.165, 1.54) is 12.5 Å². The highest BCUT2D eigenvalue weighted by Crippen LogP contribution is 2.19. The largest absolute Gasteiger partial charge is 0.315 e. The number of fused-ring (bicyclic) bond motifs is 1. The first-order valence-corrected chi connectivity index (χ1v) is 5.29. The summed E-state index contributed by atoms with van der Waals surface area (Å²) in [4.78, 5) is 15.7. The summed E-state index contributed by atoms with van der Waals surface area (Å²) in [5.74, 6) is 1.80. The Morgan fingerprint density at radius 3 is 3.27 bits per heavy atom. The van der Waals surface area contributed by atoms with Crippen molar-refractivity contribution in [3.63, 3.8) is 0 Å². The number of amides is 1. The minimum Gasteiger partial charge on any atom is -0.315 e. The third-order valence-corrected chi connectivity index (χ3v) is 2.54. The van der Waals surface area contributed by atoms with Crippen LogP contribution in [0, 0.1) is 0 Å². The van der Waals surface area contributed by atoms with Crippen LogP contribution in [0.15, 0.2) is 18.3 Å². The molecule has 1 amide bonds. The van der Waals surface area contributed by atoms with Crippen LogP contribution in [0.25, 0.3) is 0 Å². The number of hydrogen-bond donors (Lipinski definition) is 1. The van der Waals surface area contributed by atoms with Crippen molar-refractivity contribution in [1.82, 2.24) is 9.55 Å². The van der Waals surface area contributed by atoms with Gasteiger partial charge >= 0.3 is 0 Å². The first kappa shape index (κ1) is 9.96. The van der Waals surface area contributed by atoms with Crippen LogP contribution in [0.1, 0.15) is 25.6 Å². The Morgan fingerprint density at radius 2 is 2.47 bits per heavy atom. The lowest BCUT2D eigenvalue weighted by molar-refractivity contribution is -0.111. The molecule has 0 atom stereocenters. The Labute approximate surface area is 89.0 Å². The molecule has 2 heterocycles. The van der Waals surface area contributed by atoms with E-state index in [9.17, 15) is 4.79 Å². The Morgan fingerprint density at radius 1 is 1.60 bits per heavy atom. The third kappa shape index (κ3) is 2.09. The number of allylic oxidation sites excluding steroid dienone is 1. The molecule has 0 radical (unpaired) electrons. The molecule has 0 saturated heterocycles. The highest BCUT2D eigenvalue weighted by atomic mass is 16.1. The summed E-state index contributed by atoms with van der Waals surface area (Å²) >= 11 is 0. The number of carbonyl (C=O) groups excluding carboxylic acids is 1. The van der Waals surface area contributed by atoms with Gasteiger partial charge in [-0.3, -0.25) is 4.79 Å². The molecule has 1 N–H and O–H groups in total. The monoisotopic (exact) mass is 205 g/mol. The van der Waals surface area contributed by atoms with Gasteiger partial charge in [0.15, 0.2) is 0 Å². The molecule has 1 aromatic rings. The maximum absolute atomic E-state index is 11.4. The van der Waals surface area contributed by atoms with Crippen molar-refractivity contribution in [2.24, 2.45) is 0 Å². The van der Waals surface area contributed by atoms with Crippen LogP contribution in [-0.4, -0.2) is 15.5 Å². The zero-order valence-electron chi connectivity index (χ0n) is 8.86. The van der Waals surface area contributed by atoms with Crippen LogP contribution in [0.2, 0.25) is 0 Å². The lowest BCUT2D eigenvalue weighted by Crippen LogP contribution is -2.16. The summed E-state index contributed by atoms with van der Waals surface area (Å²) in [7, 11) is 0. The molecule has 0 unspecified atom stereocenters. The van der Waals surface area contributed by atoms with Crippen LogP contribution in [0.3, 0.4) is 0 Å². The smallest absolute Gasteiger partial charge is 0.249 e. The molecule has 1 aromatic heterocycles. The van der Waals surface area contributed by atoms with Crippen molar-refractivity contribution in [3.05, 3.63) is 24.2 Å². The fourth-order valence-corrected chi connectivity index (χ4v) is 1.84. The first-order chi connectivity index (χ1) is 7.31. The zero-order valence-corrected chi connectivity index (χ0v) is 8.86. The summed E-state index contributed by atoms with van der Waals surface area (Å²) in [5.41, 5.74) is 0. The number of imidazole rings is 1. The molecule has 1 aliphatic heterocycles. The van der Waals surface area contributed by atoms with E-state index in [1.807, 2.05) is 6.92 Å². The molecule has 0 aromatic carbocycles. The van der Waals surface area contributed by atoms with Gasteiger partial charge in [-0.05, 0) is 25.8 Å². The van der Waals surface area contributed by atoms with Crippen LogP contribution in [0.4, 0.5) is 5.82 Å². The molecule has 4 heteroatoms. The Kier molecular flexibility index (Phi) is 2.85. The van der Waals surface area contributed by atoms with Crippen LogP contribution < -0.4 is 5.32 Å². The lowest BCUT2D eigenvalue weighted by Gasteiger charge is -2.15. The molecule has 4 nitrogen and oxygen atoms in total. The minimum absolute atomic E-state index is 0.0919. The fourth-order valence-electron chi connectivity index (χ4n) is 1.84. The first-order valence-electron chi connectivity index (χ1n) is 5.29. The van der Waals surface area contributed by atoms with Gasteiger partial charge in [0.2, 0.25) is 5.91 Å². The Hall–Kier alpha value is -1.58. The van der Waals surface area contributed by atoms with E-state index >= 15 is 0 Å². The third-order valence-electron chi connectivity index (χ3n) is 2.54. The van der Waals surface area contributed by atoms with Gasteiger partial charge in [-0.2, -0.15) is 0 Å². The summed E-state index contributed by atoms with van der Waals surface area (Å²) in [6, 6.07) is 0. The van der Waals surface area contributed by atoms with Crippen molar-refractivity contribution in [3.8, 4) is 0 Å². The molecule has 15 heavy (non-hydrogen) atoms. The average molecular weight is 205 g/mol. The highest BCUT2D eigenvalue weighted by Gasteiger charge is 2.14. The second-order valence-electron chi connectivity index (χ2n) is 3.66. The average Bonchev–Trinajstić information content (AvgIpc) is 2.62. The second-order valence-corrected chi connectivity index (χ2v) is 3.66. The molecule has 0 spiro atoms. The van der Waals surface area contributed by atoms with Gasteiger partial charge in [-0.25, -0.2) is 4.98 Å². The van der Waals surface area contributed by atoms with E-state index in [4.69, 9.17) is 0 Å². The van der Waals surface area contributed by atoms with Crippen molar-refractivity contribution in [2.45, 2.75) is 32.7 Å². The Bertz CT molecular complexity index is 393. The minimum atomic E-state index is -0.0919. The van der Waals surface area contributed by atoms with Gasteiger partial charge in [0.1, 0.15) is 11.6 Å². The molecule has 0 fully saturated rings. The number of carbonyl (C=O) groups is 1. The van der Waals surface area contributed by atoms with E-state index in [1.54, 1.807) is 12.3 Å². The van der Waals surface area contributed by atoms with E-state index in [2.05, 4.69) is 14.9 Å². The normalized spacial score (nSPS) is 15.3. The zero-order chi connectivity index (χ0) is 10.7. The molecular weight excluding hydrogens is 190 g/mol. The number of aryl methyl sites for hydroxylation is 1. The summed E-state index contributed by atoms with van der Waals surface area (Å²) in [6.45, 7) is 2.78. The van der Waals surface area contributed by atoms with E-state index < -0.39 is 0 Å². The topological polar surface area (TPSA) is 46.9 Å². The molecule has 0 saturated carbocycles.